The second-order valence-corrected chi connectivity index (χ2v) is 4.67. The standard InChI is InChI=1S/C13H13N5O2S/c1-8-12(20)18(13(21)17-16-8)14-7-10-3-5-11(6-4-10)15-9(2)19/h3-7H,1-2H3,(H,15,19)(H,17,21)/b14-7-. The highest BCUT2D eigenvalue weighted by Crippen LogP contribution is 2.07. The van der Waals surface area contributed by atoms with E-state index >= 15 is 0 Å². The number of benzene rings is 1. The van der Waals surface area contributed by atoms with Gasteiger partial charge in [-0.2, -0.15) is 14.9 Å². The van der Waals surface area contributed by atoms with Crippen LogP contribution in [0.2, 0.25) is 0 Å². The maximum atomic E-state index is 11.8. The Hall–Kier alpha value is -2.61. The summed E-state index contributed by atoms with van der Waals surface area (Å²) in [4.78, 5) is 22.8. The molecular formula is C13H13N5O2S. The van der Waals surface area contributed by atoms with Gasteiger partial charge in [0.2, 0.25) is 10.7 Å². The van der Waals surface area contributed by atoms with Crippen LogP contribution in [0.4, 0.5) is 5.69 Å². The number of H-pyrrole nitrogens is 1. The molecule has 0 radical (unpaired) electrons. The molecule has 7 nitrogen and oxygen atoms in total. The second kappa shape index (κ2) is 6.23. The van der Waals surface area contributed by atoms with Crippen LogP contribution in [0.15, 0.2) is 34.2 Å². The highest BCUT2D eigenvalue weighted by Gasteiger charge is 2.01. The number of aromatic nitrogens is 3. The Kier molecular flexibility index (Phi) is 4.39. The number of hydrogen-bond donors (Lipinski definition) is 2. The summed E-state index contributed by atoms with van der Waals surface area (Å²) in [6.07, 6.45) is 1.50. The zero-order valence-corrected chi connectivity index (χ0v) is 12.3. The molecule has 2 aromatic rings. The van der Waals surface area contributed by atoms with E-state index in [0.29, 0.717) is 5.69 Å². The monoisotopic (exact) mass is 303 g/mol. The summed E-state index contributed by atoms with van der Waals surface area (Å²) < 4.78 is 1.19. The van der Waals surface area contributed by atoms with Gasteiger partial charge in [0.15, 0.2) is 0 Å². The lowest BCUT2D eigenvalue weighted by Crippen LogP contribution is -2.22. The number of amides is 1. The van der Waals surface area contributed by atoms with Crippen molar-refractivity contribution in [2.45, 2.75) is 13.8 Å². The Labute approximate surface area is 125 Å². The van der Waals surface area contributed by atoms with Crippen molar-refractivity contribution in [2.24, 2.45) is 5.10 Å². The fraction of sp³-hybridized carbons (Fsp3) is 0.154. The summed E-state index contributed by atoms with van der Waals surface area (Å²) in [5, 5.41) is 13.0. The number of carbonyl (C=O) groups excluding carboxylic acids is 1. The van der Waals surface area contributed by atoms with Crippen molar-refractivity contribution < 1.29 is 4.79 Å². The van der Waals surface area contributed by atoms with E-state index in [9.17, 15) is 9.59 Å². The van der Waals surface area contributed by atoms with Crippen molar-refractivity contribution in [3.05, 3.63) is 50.6 Å². The summed E-state index contributed by atoms with van der Waals surface area (Å²) in [5.74, 6) is -0.137. The number of aryl methyl sites for hydroxylation is 1. The number of rotatable bonds is 3. The largest absolute Gasteiger partial charge is 0.326 e. The third-order valence-corrected chi connectivity index (χ3v) is 2.83. The van der Waals surface area contributed by atoms with E-state index in [0.717, 1.165) is 10.2 Å². The van der Waals surface area contributed by atoms with Crippen LogP contribution >= 0.6 is 12.2 Å². The molecule has 0 aliphatic heterocycles. The van der Waals surface area contributed by atoms with Crippen LogP contribution in [0.1, 0.15) is 18.2 Å². The van der Waals surface area contributed by atoms with Crippen molar-refractivity contribution in [1.29, 1.82) is 0 Å². The van der Waals surface area contributed by atoms with Crippen LogP contribution in [0.3, 0.4) is 0 Å². The lowest BCUT2D eigenvalue weighted by Gasteiger charge is -2.02. The molecule has 0 aliphatic rings. The molecule has 21 heavy (non-hydrogen) atoms. The van der Waals surface area contributed by atoms with Gasteiger partial charge in [-0.15, -0.1) is 0 Å². The van der Waals surface area contributed by atoms with Crippen LogP contribution in [-0.2, 0) is 4.79 Å². The molecule has 0 saturated heterocycles. The van der Waals surface area contributed by atoms with Gasteiger partial charge < -0.3 is 5.32 Å². The number of anilines is 1. The average molecular weight is 303 g/mol. The Bertz CT molecular complexity index is 805. The molecule has 0 spiro atoms. The van der Waals surface area contributed by atoms with Crippen molar-refractivity contribution in [1.82, 2.24) is 14.9 Å². The lowest BCUT2D eigenvalue weighted by molar-refractivity contribution is -0.114. The fourth-order valence-electron chi connectivity index (χ4n) is 1.56. The summed E-state index contributed by atoms with van der Waals surface area (Å²) in [6, 6.07) is 7.01. The molecule has 2 N–H and O–H groups in total. The summed E-state index contributed by atoms with van der Waals surface area (Å²) >= 11 is 4.97. The number of carbonyl (C=O) groups is 1. The molecule has 1 aromatic heterocycles. The molecule has 1 amide bonds. The molecule has 0 aliphatic carbocycles. The van der Waals surface area contributed by atoms with E-state index < -0.39 is 0 Å². The average Bonchev–Trinajstić information content (AvgIpc) is 2.44. The van der Waals surface area contributed by atoms with E-state index in [4.69, 9.17) is 12.2 Å². The third kappa shape index (κ3) is 3.69. The van der Waals surface area contributed by atoms with Gasteiger partial charge in [0.05, 0.1) is 6.21 Å². The normalized spacial score (nSPS) is 10.8. The van der Waals surface area contributed by atoms with Crippen LogP contribution in [0.25, 0.3) is 0 Å². The van der Waals surface area contributed by atoms with E-state index in [2.05, 4.69) is 20.6 Å². The minimum atomic E-state index is -0.370. The first-order valence-electron chi connectivity index (χ1n) is 6.08. The van der Waals surface area contributed by atoms with Crippen LogP contribution in [0.5, 0.6) is 0 Å². The summed E-state index contributed by atoms with van der Waals surface area (Å²) in [5.41, 5.74) is 1.36. The molecule has 108 valence electrons. The van der Waals surface area contributed by atoms with Crippen molar-refractivity contribution in [3.63, 3.8) is 0 Å². The number of hydrogen-bond acceptors (Lipinski definition) is 5. The molecule has 0 unspecified atom stereocenters. The Morgan fingerprint density at radius 2 is 2.10 bits per heavy atom. The maximum absolute atomic E-state index is 11.8. The molecule has 0 bridgehead atoms. The first-order chi connectivity index (χ1) is 9.97. The molecule has 1 heterocycles. The van der Waals surface area contributed by atoms with Gasteiger partial charge in [-0.25, -0.2) is 0 Å². The zero-order chi connectivity index (χ0) is 15.4. The van der Waals surface area contributed by atoms with Crippen LogP contribution in [-0.4, -0.2) is 27.0 Å². The lowest BCUT2D eigenvalue weighted by atomic mass is 10.2. The predicted molar refractivity (Wildman–Crippen MR) is 82.2 cm³/mol. The topological polar surface area (TPSA) is 92.1 Å². The Morgan fingerprint density at radius 1 is 1.43 bits per heavy atom. The van der Waals surface area contributed by atoms with E-state index in [1.807, 2.05) is 0 Å². The van der Waals surface area contributed by atoms with Gasteiger partial charge in [0, 0.05) is 12.6 Å². The molecule has 0 atom stereocenters. The molecule has 1 aromatic carbocycles. The van der Waals surface area contributed by atoms with Gasteiger partial charge in [-0.1, -0.05) is 12.1 Å². The Balaban J connectivity index is 2.26. The minimum Gasteiger partial charge on any atom is -0.326 e. The number of aromatic amines is 1. The van der Waals surface area contributed by atoms with Crippen LogP contribution in [0, 0.1) is 11.7 Å². The first kappa shape index (κ1) is 14.8. The van der Waals surface area contributed by atoms with E-state index in [-0.39, 0.29) is 21.9 Å². The SMILES string of the molecule is CC(=O)Nc1ccc(/C=N\n2c(=S)[nH]nc(C)c2=O)cc1. The van der Waals surface area contributed by atoms with Crippen molar-refractivity contribution in [2.75, 3.05) is 5.32 Å². The maximum Gasteiger partial charge on any atom is 0.296 e. The van der Waals surface area contributed by atoms with Gasteiger partial charge >= 0.3 is 0 Å². The van der Waals surface area contributed by atoms with E-state index in [1.165, 1.54) is 13.1 Å². The number of nitrogens with one attached hydrogen (secondary N) is 2. The molecule has 8 heteroatoms. The van der Waals surface area contributed by atoms with Crippen molar-refractivity contribution in [3.8, 4) is 0 Å². The second-order valence-electron chi connectivity index (χ2n) is 4.28. The van der Waals surface area contributed by atoms with Crippen molar-refractivity contribution >= 4 is 30.0 Å². The van der Waals surface area contributed by atoms with Gasteiger partial charge in [-0.05, 0) is 36.8 Å². The molecule has 0 saturated carbocycles. The molecule has 0 fully saturated rings. The van der Waals surface area contributed by atoms with E-state index in [1.54, 1.807) is 31.2 Å². The quantitative estimate of drug-likeness (QED) is 0.663. The Morgan fingerprint density at radius 3 is 2.71 bits per heavy atom. The van der Waals surface area contributed by atoms with Crippen LogP contribution < -0.4 is 10.9 Å². The van der Waals surface area contributed by atoms with Gasteiger partial charge in [0.1, 0.15) is 5.69 Å². The highest BCUT2D eigenvalue weighted by atomic mass is 32.1. The molecular weight excluding hydrogens is 290 g/mol. The molecule has 2 rings (SSSR count). The minimum absolute atomic E-state index is 0.122. The van der Waals surface area contributed by atoms with Gasteiger partial charge in [-0.3, -0.25) is 14.7 Å². The summed E-state index contributed by atoms with van der Waals surface area (Å²) in [6.45, 7) is 3.01. The number of nitrogens with zero attached hydrogens (tertiary/aromatic N) is 3. The van der Waals surface area contributed by atoms with Gasteiger partial charge in [0.25, 0.3) is 5.56 Å². The first-order valence-corrected chi connectivity index (χ1v) is 6.48. The predicted octanol–water partition coefficient (Wildman–Crippen LogP) is 1.45. The summed E-state index contributed by atoms with van der Waals surface area (Å²) in [7, 11) is 0. The zero-order valence-electron chi connectivity index (χ0n) is 11.5. The fourth-order valence-corrected chi connectivity index (χ4v) is 1.73. The third-order valence-electron chi connectivity index (χ3n) is 2.57. The highest BCUT2D eigenvalue weighted by molar-refractivity contribution is 7.71. The smallest absolute Gasteiger partial charge is 0.296 e.